The highest BCUT2D eigenvalue weighted by molar-refractivity contribution is 5.94. The van der Waals surface area contributed by atoms with Crippen molar-refractivity contribution in [1.29, 1.82) is 0 Å². The Balaban J connectivity index is 2.70. The van der Waals surface area contributed by atoms with E-state index in [0.717, 1.165) is 43.9 Å². The van der Waals surface area contributed by atoms with E-state index in [-0.39, 0.29) is 5.91 Å². The summed E-state index contributed by atoms with van der Waals surface area (Å²) in [6, 6.07) is 7.68. The lowest BCUT2D eigenvalue weighted by Crippen LogP contribution is -2.39. The molecule has 1 amide bonds. The molecule has 140 valence electrons. The molecule has 0 aliphatic carbocycles. The lowest BCUT2D eigenvalue weighted by atomic mass is 10.0. The first kappa shape index (κ1) is 21.0. The van der Waals surface area contributed by atoms with Crippen molar-refractivity contribution in [3.63, 3.8) is 0 Å². The summed E-state index contributed by atoms with van der Waals surface area (Å²) in [5.74, 6) is 1.47. The molecule has 0 saturated heterocycles. The molecule has 0 aliphatic rings. The van der Waals surface area contributed by atoms with Gasteiger partial charge in [0, 0.05) is 25.2 Å². The topological polar surface area (TPSA) is 65.5 Å². The Morgan fingerprint density at radius 3 is 2.48 bits per heavy atom. The van der Waals surface area contributed by atoms with Gasteiger partial charge < -0.3 is 16.0 Å². The molecule has 0 fully saturated rings. The number of aliphatic imine (C=N–C) groups is 1. The second-order valence-electron chi connectivity index (χ2n) is 6.21. The van der Waals surface area contributed by atoms with Crippen molar-refractivity contribution in [3.8, 4) is 0 Å². The van der Waals surface area contributed by atoms with Crippen LogP contribution >= 0.6 is 0 Å². The third-order valence-electron chi connectivity index (χ3n) is 4.20. The maximum atomic E-state index is 12.1. The maximum absolute atomic E-state index is 12.1. The van der Waals surface area contributed by atoms with E-state index in [0.29, 0.717) is 24.6 Å². The molecule has 0 aromatic heterocycles. The first-order chi connectivity index (χ1) is 12.1. The number of amides is 1. The molecular formula is C20H34N4O. The summed E-state index contributed by atoms with van der Waals surface area (Å²) in [6.45, 7) is 11.5. The van der Waals surface area contributed by atoms with Gasteiger partial charge in [0.05, 0.1) is 6.54 Å². The zero-order chi connectivity index (χ0) is 18.5. The fourth-order valence-electron chi connectivity index (χ4n) is 2.48. The van der Waals surface area contributed by atoms with Crippen molar-refractivity contribution in [2.75, 3.05) is 19.6 Å². The van der Waals surface area contributed by atoms with Crippen LogP contribution in [-0.4, -0.2) is 31.5 Å². The van der Waals surface area contributed by atoms with Gasteiger partial charge in [0.15, 0.2) is 5.96 Å². The average Bonchev–Trinajstić information content (AvgIpc) is 2.65. The lowest BCUT2D eigenvalue weighted by molar-refractivity contribution is 0.0953. The number of carbonyl (C=O) groups excluding carboxylic acids is 1. The van der Waals surface area contributed by atoms with E-state index in [2.05, 4.69) is 41.7 Å². The number of rotatable bonds is 10. The van der Waals surface area contributed by atoms with Crippen LogP contribution in [0.2, 0.25) is 0 Å². The largest absolute Gasteiger partial charge is 0.357 e. The van der Waals surface area contributed by atoms with Crippen LogP contribution in [0.1, 0.15) is 62.9 Å². The number of nitrogens with zero attached hydrogens (tertiary/aromatic N) is 1. The van der Waals surface area contributed by atoms with Gasteiger partial charge in [0.1, 0.15) is 0 Å². The molecule has 3 N–H and O–H groups in total. The monoisotopic (exact) mass is 346 g/mol. The molecule has 0 bridgehead atoms. The summed E-state index contributed by atoms with van der Waals surface area (Å²) >= 11 is 0. The Labute approximate surface area is 152 Å². The number of hydrogen-bond acceptors (Lipinski definition) is 2. The molecule has 0 atom stereocenters. The predicted molar refractivity (Wildman–Crippen MR) is 106 cm³/mol. The Kier molecular flexibility index (Phi) is 10.4. The Morgan fingerprint density at radius 1 is 1.08 bits per heavy atom. The third kappa shape index (κ3) is 8.05. The van der Waals surface area contributed by atoms with Crippen molar-refractivity contribution < 1.29 is 4.79 Å². The van der Waals surface area contributed by atoms with E-state index in [1.54, 1.807) is 0 Å². The lowest BCUT2D eigenvalue weighted by Gasteiger charge is -2.16. The van der Waals surface area contributed by atoms with Crippen LogP contribution in [0.3, 0.4) is 0 Å². The fraction of sp³-hybridized carbons (Fsp3) is 0.600. The van der Waals surface area contributed by atoms with Crippen molar-refractivity contribution in [2.24, 2.45) is 10.9 Å². The van der Waals surface area contributed by atoms with Crippen LogP contribution < -0.4 is 16.0 Å². The normalized spacial score (nSPS) is 11.5. The molecule has 1 aromatic carbocycles. The van der Waals surface area contributed by atoms with Crippen LogP contribution in [0.25, 0.3) is 0 Å². The molecule has 25 heavy (non-hydrogen) atoms. The molecule has 0 spiro atoms. The smallest absolute Gasteiger partial charge is 0.251 e. The maximum Gasteiger partial charge on any atom is 0.251 e. The highest BCUT2D eigenvalue weighted by atomic mass is 16.1. The number of hydrogen-bond donors (Lipinski definition) is 3. The van der Waals surface area contributed by atoms with Crippen molar-refractivity contribution in [2.45, 2.75) is 53.5 Å². The second kappa shape index (κ2) is 12.3. The van der Waals surface area contributed by atoms with Gasteiger partial charge in [-0.25, -0.2) is 4.99 Å². The minimum absolute atomic E-state index is 0.0218. The third-order valence-corrected chi connectivity index (χ3v) is 4.20. The molecule has 0 unspecified atom stereocenters. The van der Waals surface area contributed by atoms with Gasteiger partial charge in [-0.15, -0.1) is 0 Å². The van der Waals surface area contributed by atoms with Crippen molar-refractivity contribution in [3.05, 3.63) is 35.4 Å². The van der Waals surface area contributed by atoms with Gasteiger partial charge in [-0.2, -0.15) is 0 Å². The van der Waals surface area contributed by atoms with Gasteiger partial charge in [0.2, 0.25) is 0 Å². The fourth-order valence-corrected chi connectivity index (χ4v) is 2.48. The standard InChI is InChI=1S/C20H34N4O/c1-5-12-22-19(25)18-11-9-10-17(13-18)15-24-20(21-8-4)23-14-16(6-2)7-3/h9-11,13,16H,5-8,12,14-15H2,1-4H3,(H,22,25)(H2,21,23,24). The van der Waals surface area contributed by atoms with E-state index < -0.39 is 0 Å². The summed E-state index contributed by atoms with van der Waals surface area (Å²) in [7, 11) is 0. The van der Waals surface area contributed by atoms with Gasteiger partial charge >= 0.3 is 0 Å². The summed E-state index contributed by atoms with van der Waals surface area (Å²) in [5.41, 5.74) is 1.72. The summed E-state index contributed by atoms with van der Waals surface area (Å²) < 4.78 is 0. The van der Waals surface area contributed by atoms with Crippen molar-refractivity contribution >= 4 is 11.9 Å². The zero-order valence-electron chi connectivity index (χ0n) is 16.2. The average molecular weight is 347 g/mol. The zero-order valence-corrected chi connectivity index (χ0v) is 16.2. The Bertz CT molecular complexity index is 538. The number of nitrogens with one attached hydrogen (secondary N) is 3. The number of benzene rings is 1. The highest BCUT2D eigenvalue weighted by Gasteiger charge is 2.07. The highest BCUT2D eigenvalue weighted by Crippen LogP contribution is 2.08. The molecule has 0 saturated carbocycles. The molecule has 5 heteroatoms. The molecular weight excluding hydrogens is 312 g/mol. The van der Waals surface area contributed by atoms with Gasteiger partial charge in [0.25, 0.3) is 5.91 Å². The van der Waals surface area contributed by atoms with Crippen LogP contribution in [0.5, 0.6) is 0 Å². The minimum Gasteiger partial charge on any atom is -0.357 e. The molecule has 1 rings (SSSR count). The van der Waals surface area contributed by atoms with E-state index in [1.165, 1.54) is 0 Å². The van der Waals surface area contributed by atoms with Gasteiger partial charge in [-0.05, 0) is 37.0 Å². The quantitative estimate of drug-likeness (QED) is 0.450. The van der Waals surface area contributed by atoms with Crippen LogP contribution in [0.15, 0.2) is 29.3 Å². The van der Waals surface area contributed by atoms with E-state index >= 15 is 0 Å². The summed E-state index contributed by atoms with van der Waals surface area (Å²) in [4.78, 5) is 16.7. The van der Waals surface area contributed by atoms with Gasteiger partial charge in [-0.1, -0.05) is 45.7 Å². The molecule has 0 aliphatic heterocycles. The van der Waals surface area contributed by atoms with E-state index in [4.69, 9.17) is 0 Å². The number of carbonyl (C=O) groups is 1. The SMILES string of the molecule is CCCNC(=O)c1cccc(CN=C(NCC)NCC(CC)CC)c1. The predicted octanol–water partition coefficient (Wildman–Crippen LogP) is 3.32. The van der Waals surface area contributed by atoms with Crippen LogP contribution in [-0.2, 0) is 6.54 Å². The van der Waals surface area contributed by atoms with Crippen molar-refractivity contribution in [1.82, 2.24) is 16.0 Å². The second-order valence-corrected chi connectivity index (χ2v) is 6.21. The van der Waals surface area contributed by atoms with E-state index in [1.807, 2.05) is 31.2 Å². The summed E-state index contributed by atoms with van der Waals surface area (Å²) in [5, 5.41) is 9.61. The molecule has 1 aromatic rings. The first-order valence-corrected chi connectivity index (χ1v) is 9.53. The van der Waals surface area contributed by atoms with Gasteiger partial charge in [-0.3, -0.25) is 4.79 Å². The molecule has 5 nitrogen and oxygen atoms in total. The number of guanidine groups is 1. The van der Waals surface area contributed by atoms with Crippen LogP contribution in [0.4, 0.5) is 0 Å². The first-order valence-electron chi connectivity index (χ1n) is 9.53. The van der Waals surface area contributed by atoms with E-state index in [9.17, 15) is 4.79 Å². The summed E-state index contributed by atoms with van der Waals surface area (Å²) in [6.07, 6.45) is 3.26. The molecule has 0 heterocycles. The Hall–Kier alpha value is -2.04. The van der Waals surface area contributed by atoms with Crippen LogP contribution in [0, 0.1) is 5.92 Å². The Morgan fingerprint density at radius 2 is 1.84 bits per heavy atom. The minimum atomic E-state index is -0.0218. The molecule has 0 radical (unpaired) electrons.